The molecule has 0 amide bonds. The minimum absolute atomic E-state index is 0.0525. The third-order valence-corrected chi connectivity index (χ3v) is 3.25. The van der Waals surface area contributed by atoms with Crippen molar-refractivity contribution in [3.63, 3.8) is 0 Å². The van der Waals surface area contributed by atoms with E-state index in [0.29, 0.717) is 15.6 Å². The minimum Gasteiger partial charge on any atom is -0.385 e. The van der Waals surface area contributed by atoms with Gasteiger partial charge in [0.1, 0.15) is 6.10 Å². The molecule has 1 rings (SSSR count). The Labute approximate surface area is 112 Å². The fourth-order valence-electron chi connectivity index (χ4n) is 1.46. The smallest absolute Gasteiger partial charge is 0.166 e. The summed E-state index contributed by atoms with van der Waals surface area (Å²) in [6, 6.07) is 5.08. The summed E-state index contributed by atoms with van der Waals surface area (Å²) < 4.78 is 0. The largest absolute Gasteiger partial charge is 0.385 e. The van der Waals surface area contributed by atoms with Gasteiger partial charge in [-0.25, -0.2) is 0 Å². The van der Waals surface area contributed by atoms with E-state index < -0.39 is 11.5 Å². The molecular formula is C13H16Cl2O2. The molecule has 0 aromatic heterocycles. The molecule has 1 N–H and O–H groups in total. The molecule has 1 aromatic rings. The van der Waals surface area contributed by atoms with Crippen LogP contribution in [-0.2, 0) is 11.2 Å². The second-order valence-electron chi connectivity index (χ2n) is 5.11. The van der Waals surface area contributed by atoms with Gasteiger partial charge in [-0.15, -0.1) is 0 Å². The molecule has 0 saturated carbocycles. The van der Waals surface area contributed by atoms with Crippen molar-refractivity contribution >= 4 is 29.0 Å². The van der Waals surface area contributed by atoms with E-state index in [1.807, 2.05) is 20.8 Å². The number of rotatable bonds is 3. The highest BCUT2D eigenvalue weighted by molar-refractivity contribution is 6.36. The summed E-state index contributed by atoms with van der Waals surface area (Å²) in [7, 11) is 0. The van der Waals surface area contributed by atoms with Crippen molar-refractivity contribution in [2.75, 3.05) is 0 Å². The topological polar surface area (TPSA) is 37.3 Å². The van der Waals surface area contributed by atoms with Crippen molar-refractivity contribution in [1.29, 1.82) is 0 Å². The summed E-state index contributed by atoms with van der Waals surface area (Å²) in [6.07, 6.45) is -0.966. The van der Waals surface area contributed by atoms with Crippen LogP contribution in [0, 0.1) is 5.41 Å². The average molecular weight is 275 g/mol. The van der Waals surface area contributed by atoms with E-state index in [0.717, 1.165) is 0 Å². The maximum atomic E-state index is 11.9. The summed E-state index contributed by atoms with van der Waals surface area (Å²) in [5.74, 6) is -0.271. The van der Waals surface area contributed by atoms with Crippen LogP contribution in [0.5, 0.6) is 0 Å². The number of aliphatic hydroxyl groups is 1. The number of carbonyl (C=O) groups excluding carboxylic acids is 1. The Morgan fingerprint density at radius 3 is 2.18 bits per heavy atom. The van der Waals surface area contributed by atoms with Crippen LogP contribution < -0.4 is 0 Å². The molecule has 0 aliphatic carbocycles. The lowest BCUT2D eigenvalue weighted by Crippen LogP contribution is -2.35. The van der Waals surface area contributed by atoms with Crippen molar-refractivity contribution in [1.82, 2.24) is 0 Å². The van der Waals surface area contributed by atoms with Gasteiger partial charge in [0.25, 0.3) is 0 Å². The fraction of sp³-hybridized carbons (Fsp3) is 0.462. The summed E-state index contributed by atoms with van der Waals surface area (Å²) in [5, 5.41) is 10.8. The molecule has 4 heteroatoms. The van der Waals surface area contributed by atoms with E-state index >= 15 is 0 Å². The molecular weight excluding hydrogens is 259 g/mol. The predicted octanol–water partition coefficient (Wildman–Crippen LogP) is 3.51. The van der Waals surface area contributed by atoms with Gasteiger partial charge < -0.3 is 5.11 Å². The SMILES string of the molecule is CC(C)(C)C(O)C(=O)Cc1c(Cl)cccc1Cl. The van der Waals surface area contributed by atoms with Gasteiger partial charge in [-0.05, 0) is 23.1 Å². The van der Waals surface area contributed by atoms with E-state index in [1.54, 1.807) is 18.2 Å². The van der Waals surface area contributed by atoms with Gasteiger partial charge in [0.2, 0.25) is 0 Å². The summed E-state index contributed by atoms with van der Waals surface area (Å²) in [4.78, 5) is 11.9. The van der Waals surface area contributed by atoms with Crippen molar-refractivity contribution in [3.8, 4) is 0 Å². The molecule has 2 nitrogen and oxygen atoms in total. The Hall–Kier alpha value is -0.570. The lowest BCUT2D eigenvalue weighted by molar-refractivity contribution is -0.131. The third kappa shape index (κ3) is 3.70. The standard InChI is InChI=1S/C13H16Cl2O2/c1-13(2,3)12(17)11(16)7-8-9(14)5-4-6-10(8)15/h4-6,12,17H,7H2,1-3H3. The quantitative estimate of drug-likeness (QED) is 0.916. The zero-order chi connectivity index (χ0) is 13.2. The molecule has 0 fully saturated rings. The number of carbonyl (C=O) groups is 1. The molecule has 1 aromatic carbocycles. The monoisotopic (exact) mass is 274 g/mol. The van der Waals surface area contributed by atoms with Gasteiger partial charge in [0.15, 0.2) is 5.78 Å². The van der Waals surface area contributed by atoms with Crippen molar-refractivity contribution in [2.24, 2.45) is 5.41 Å². The van der Waals surface area contributed by atoms with Gasteiger partial charge in [-0.1, -0.05) is 50.0 Å². The number of aliphatic hydroxyl groups excluding tert-OH is 1. The number of hydrogen-bond acceptors (Lipinski definition) is 2. The van der Waals surface area contributed by atoms with Gasteiger partial charge >= 0.3 is 0 Å². The second kappa shape index (κ2) is 5.38. The normalized spacial score (nSPS) is 13.5. The molecule has 0 spiro atoms. The Bertz CT molecular complexity index is 402. The van der Waals surface area contributed by atoms with Crippen molar-refractivity contribution in [3.05, 3.63) is 33.8 Å². The minimum atomic E-state index is -1.02. The van der Waals surface area contributed by atoms with Gasteiger partial charge in [-0.2, -0.15) is 0 Å². The van der Waals surface area contributed by atoms with E-state index in [2.05, 4.69) is 0 Å². The highest BCUT2D eigenvalue weighted by Crippen LogP contribution is 2.27. The van der Waals surface area contributed by atoms with Gasteiger partial charge in [0, 0.05) is 16.5 Å². The number of halogens is 2. The number of ketones is 1. The van der Waals surface area contributed by atoms with Crippen LogP contribution in [0.3, 0.4) is 0 Å². The Balaban J connectivity index is 2.89. The van der Waals surface area contributed by atoms with E-state index in [4.69, 9.17) is 23.2 Å². The average Bonchev–Trinajstić information content (AvgIpc) is 2.21. The first-order valence-corrected chi connectivity index (χ1v) is 6.12. The Morgan fingerprint density at radius 1 is 1.29 bits per heavy atom. The predicted molar refractivity (Wildman–Crippen MR) is 70.6 cm³/mol. The Morgan fingerprint density at radius 2 is 1.76 bits per heavy atom. The number of benzene rings is 1. The molecule has 0 radical (unpaired) electrons. The highest BCUT2D eigenvalue weighted by atomic mass is 35.5. The van der Waals surface area contributed by atoms with Crippen LogP contribution in [-0.4, -0.2) is 17.0 Å². The Kier molecular flexibility index (Phi) is 4.59. The first kappa shape index (κ1) is 14.5. The van der Waals surface area contributed by atoms with Crippen LogP contribution in [0.4, 0.5) is 0 Å². The summed E-state index contributed by atoms with van der Waals surface area (Å²) in [6.45, 7) is 5.43. The van der Waals surface area contributed by atoms with E-state index in [-0.39, 0.29) is 12.2 Å². The summed E-state index contributed by atoms with van der Waals surface area (Å²) in [5.41, 5.74) is 0.0919. The van der Waals surface area contributed by atoms with E-state index in [9.17, 15) is 9.90 Å². The van der Waals surface area contributed by atoms with Gasteiger partial charge in [-0.3, -0.25) is 4.79 Å². The van der Waals surface area contributed by atoms with Crippen LogP contribution in [0.15, 0.2) is 18.2 Å². The molecule has 94 valence electrons. The first-order valence-electron chi connectivity index (χ1n) is 5.37. The molecule has 0 aliphatic rings. The molecule has 1 atom stereocenters. The number of Topliss-reactive ketones (excluding diaryl/α,β-unsaturated/α-hetero) is 1. The summed E-state index contributed by atoms with van der Waals surface area (Å²) >= 11 is 11.9. The molecule has 0 bridgehead atoms. The first-order chi connectivity index (χ1) is 7.73. The lowest BCUT2D eigenvalue weighted by atomic mass is 9.85. The van der Waals surface area contributed by atoms with Crippen molar-refractivity contribution < 1.29 is 9.90 Å². The maximum Gasteiger partial charge on any atom is 0.166 e. The molecule has 1 unspecified atom stereocenters. The lowest BCUT2D eigenvalue weighted by Gasteiger charge is -2.24. The van der Waals surface area contributed by atoms with Crippen molar-refractivity contribution in [2.45, 2.75) is 33.3 Å². The fourth-order valence-corrected chi connectivity index (χ4v) is 1.99. The van der Waals surface area contributed by atoms with E-state index in [1.165, 1.54) is 0 Å². The molecule has 0 saturated heterocycles. The molecule has 0 aliphatic heterocycles. The van der Waals surface area contributed by atoms with Crippen LogP contribution in [0.25, 0.3) is 0 Å². The third-order valence-electron chi connectivity index (χ3n) is 2.54. The van der Waals surface area contributed by atoms with Crippen LogP contribution >= 0.6 is 23.2 Å². The van der Waals surface area contributed by atoms with Gasteiger partial charge in [0.05, 0.1) is 0 Å². The highest BCUT2D eigenvalue weighted by Gasteiger charge is 2.29. The second-order valence-corrected chi connectivity index (χ2v) is 5.93. The molecule has 17 heavy (non-hydrogen) atoms. The molecule has 0 heterocycles. The van der Waals surface area contributed by atoms with Crippen LogP contribution in [0.2, 0.25) is 10.0 Å². The zero-order valence-electron chi connectivity index (χ0n) is 10.1. The number of hydrogen-bond donors (Lipinski definition) is 1. The zero-order valence-corrected chi connectivity index (χ0v) is 11.6. The van der Waals surface area contributed by atoms with Crippen LogP contribution in [0.1, 0.15) is 26.3 Å². The maximum absolute atomic E-state index is 11.9.